The lowest BCUT2D eigenvalue weighted by atomic mass is 10.0. The zero-order valence-electron chi connectivity index (χ0n) is 11.3. The Bertz CT molecular complexity index is 592. The third-order valence-corrected chi connectivity index (χ3v) is 3.84. The molecule has 0 radical (unpaired) electrons. The summed E-state index contributed by atoms with van der Waals surface area (Å²) in [6, 6.07) is 12.4. The second-order valence-electron chi connectivity index (χ2n) is 5.38. The SMILES string of the molecule is Cc1cccc(C(O)Cc2ccc3c(c2)CCC3)n1. The van der Waals surface area contributed by atoms with E-state index < -0.39 is 6.10 Å². The van der Waals surface area contributed by atoms with Crippen molar-refractivity contribution in [1.29, 1.82) is 0 Å². The van der Waals surface area contributed by atoms with Crippen LogP contribution in [0, 0.1) is 6.92 Å². The number of pyridine rings is 1. The maximum absolute atomic E-state index is 10.3. The molecule has 1 N–H and O–H groups in total. The van der Waals surface area contributed by atoms with Crippen LogP contribution in [0.25, 0.3) is 0 Å². The Labute approximate surface area is 114 Å². The Morgan fingerprint density at radius 2 is 2.00 bits per heavy atom. The van der Waals surface area contributed by atoms with Gasteiger partial charge in [-0.15, -0.1) is 0 Å². The first kappa shape index (κ1) is 12.4. The molecule has 1 aromatic carbocycles. The van der Waals surface area contributed by atoms with Gasteiger partial charge in [-0.1, -0.05) is 24.3 Å². The van der Waals surface area contributed by atoms with Crippen LogP contribution in [0.1, 0.15) is 40.6 Å². The molecular weight excluding hydrogens is 234 g/mol. The minimum absolute atomic E-state index is 0.514. The summed E-state index contributed by atoms with van der Waals surface area (Å²) in [7, 11) is 0. The van der Waals surface area contributed by atoms with E-state index in [1.54, 1.807) is 0 Å². The highest BCUT2D eigenvalue weighted by Gasteiger charge is 2.14. The first-order chi connectivity index (χ1) is 9.22. The van der Waals surface area contributed by atoms with Crippen molar-refractivity contribution >= 4 is 0 Å². The smallest absolute Gasteiger partial charge is 0.1000 e. The molecule has 19 heavy (non-hydrogen) atoms. The van der Waals surface area contributed by atoms with E-state index >= 15 is 0 Å². The third-order valence-electron chi connectivity index (χ3n) is 3.84. The lowest BCUT2D eigenvalue weighted by molar-refractivity contribution is 0.173. The summed E-state index contributed by atoms with van der Waals surface area (Å²) in [6.45, 7) is 1.95. The molecule has 98 valence electrons. The van der Waals surface area contributed by atoms with Crippen LogP contribution in [0.15, 0.2) is 36.4 Å². The second kappa shape index (κ2) is 5.14. The number of aliphatic hydroxyl groups excluding tert-OH is 1. The average molecular weight is 253 g/mol. The summed E-state index contributed by atoms with van der Waals surface area (Å²) in [5.41, 5.74) is 5.86. The molecule has 2 aromatic rings. The Kier molecular flexibility index (Phi) is 3.34. The molecule has 2 heteroatoms. The quantitative estimate of drug-likeness (QED) is 0.911. The van der Waals surface area contributed by atoms with E-state index in [1.165, 1.54) is 36.0 Å². The Morgan fingerprint density at radius 1 is 1.16 bits per heavy atom. The molecular formula is C17H19NO. The summed E-state index contributed by atoms with van der Waals surface area (Å²) in [4.78, 5) is 4.39. The highest BCUT2D eigenvalue weighted by atomic mass is 16.3. The summed E-state index contributed by atoms with van der Waals surface area (Å²) in [6.07, 6.45) is 3.78. The fourth-order valence-corrected chi connectivity index (χ4v) is 2.83. The second-order valence-corrected chi connectivity index (χ2v) is 5.38. The van der Waals surface area contributed by atoms with Crippen molar-refractivity contribution in [1.82, 2.24) is 4.98 Å². The number of hydrogen-bond donors (Lipinski definition) is 1. The van der Waals surface area contributed by atoms with Crippen LogP contribution in [0.3, 0.4) is 0 Å². The molecule has 0 saturated carbocycles. The van der Waals surface area contributed by atoms with Crippen LogP contribution in [0.5, 0.6) is 0 Å². The van der Waals surface area contributed by atoms with Crippen molar-refractivity contribution in [2.24, 2.45) is 0 Å². The van der Waals surface area contributed by atoms with E-state index in [4.69, 9.17) is 0 Å². The highest BCUT2D eigenvalue weighted by Crippen LogP contribution is 2.25. The Hall–Kier alpha value is -1.67. The summed E-state index contributed by atoms with van der Waals surface area (Å²) in [5, 5.41) is 10.3. The fourth-order valence-electron chi connectivity index (χ4n) is 2.83. The first-order valence-corrected chi connectivity index (χ1v) is 6.95. The highest BCUT2D eigenvalue weighted by molar-refractivity contribution is 5.35. The molecule has 1 unspecified atom stereocenters. The van der Waals surface area contributed by atoms with Crippen molar-refractivity contribution in [2.45, 2.75) is 38.7 Å². The molecule has 0 amide bonds. The number of benzene rings is 1. The van der Waals surface area contributed by atoms with Gasteiger partial charge in [-0.2, -0.15) is 0 Å². The monoisotopic (exact) mass is 253 g/mol. The third kappa shape index (κ3) is 2.69. The van der Waals surface area contributed by atoms with Crippen molar-refractivity contribution in [3.63, 3.8) is 0 Å². The minimum atomic E-state index is -0.514. The van der Waals surface area contributed by atoms with E-state index in [0.717, 1.165) is 11.4 Å². The van der Waals surface area contributed by atoms with Crippen molar-refractivity contribution in [2.75, 3.05) is 0 Å². The van der Waals surface area contributed by atoms with E-state index in [-0.39, 0.29) is 0 Å². The number of aliphatic hydroxyl groups is 1. The van der Waals surface area contributed by atoms with Gasteiger partial charge in [-0.25, -0.2) is 0 Å². The predicted octanol–water partition coefficient (Wildman–Crippen LogP) is 3.15. The number of nitrogens with zero attached hydrogens (tertiary/aromatic N) is 1. The van der Waals surface area contributed by atoms with Gasteiger partial charge >= 0.3 is 0 Å². The fraction of sp³-hybridized carbons (Fsp3) is 0.353. The minimum Gasteiger partial charge on any atom is -0.386 e. The van der Waals surface area contributed by atoms with Crippen molar-refractivity contribution < 1.29 is 5.11 Å². The molecule has 0 aliphatic heterocycles. The largest absolute Gasteiger partial charge is 0.386 e. The standard InChI is InChI=1S/C17H19NO/c1-12-4-2-7-16(18-12)17(19)11-13-8-9-14-5-3-6-15(14)10-13/h2,4,7-10,17,19H,3,5-6,11H2,1H3. The van der Waals surface area contributed by atoms with Crippen molar-refractivity contribution in [3.8, 4) is 0 Å². The molecule has 1 heterocycles. The van der Waals surface area contributed by atoms with E-state index in [9.17, 15) is 5.11 Å². The summed E-state index contributed by atoms with van der Waals surface area (Å²) in [5.74, 6) is 0. The van der Waals surface area contributed by atoms with Gasteiger partial charge in [-0.05, 0) is 55.0 Å². The number of hydrogen-bond acceptors (Lipinski definition) is 2. The van der Waals surface area contributed by atoms with Gasteiger partial charge in [0.25, 0.3) is 0 Å². The normalized spacial score (nSPS) is 15.3. The van der Waals surface area contributed by atoms with Gasteiger partial charge in [0.05, 0.1) is 11.8 Å². The first-order valence-electron chi connectivity index (χ1n) is 6.95. The molecule has 0 saturated heterocycles. The van der Waals surface area contributed by atoms with Crippen LogP contribution in [0.4, 0.5) is 0 Å². The van der Waals surface area contributed by atoms with Gasteiger partial charge < -0.3 is 5.11 Å². The van der Waals surface area contributed by atoms with Gasteiger partial charge in [0.2, 0.25) is 0 Å². The summed E-state index contributed by atoms with van der Waals surface area (Å²) >= 11 is 0. The maximum atomic E-state index is 10.3. The van der Waals surface area contributed by atoms with Crippen LogP contribution in [-0.4, -0.2) is 10.1 Å². The number of aryl methyl sites for hydroxylation is 3. The van der Waals surface area contributed by atoms with Crippen LogP contribution >= 0.6 is 0 Å². The molecule has 0 fully saturated rings. The van der Waals surface area contributed by atoms with Crippen LogP contribution in [-0.2, 0) is 19.3 Å². The molecule has 0 spiro atoms. The zero-order valence-corrected chi connectivity index (χ0v) is 11.3. The van der Waals surface area contributed by atoms with E-state index in [1.807, 2.05) is 25.1 Å². The molecule has 1 aromatic heterocycles. The predicted molar refractivity (Wildman–Crippen MR) is 76.1 cm³/mol. The Morgan fingerprint density at radius 3 is 2.84 bits per heavy atom. The van der Waals surface area contributed by atoms with E-state index in [2.05, 4.69) is 23.2 Å². The topological polar surface area (TPSA) is 33.1 Å². The lowest BCUT2D eigenvalue weighted by Gasteiger charge is -2.12. The lowest BCUT2D eigenvalue weighted by Crippen LogP contribution is -2.05. The van der Waals surface area contributed by atoms with Crippen molar-refractivity contribution in [3.05, 3.63) is 64.5 Å². The molecule has 0 bridgehead atoms. The summed E-state index contributed by atoms with van der Waals surface area (Å²) < 4.78 is 0. The van der Waals surface area contributed by atoms with Crippen LogP contribution < -0.4 is 0 Å². The van der Waals surface area contributed by atoms with Crippen LogP contribution in [0.2, 0.25) is 0 Å². The molecule has 2 nitrogen and oxygen atoms in total. The van der Waals surface area contributed by atoms with Gasteiger partial charge in [0, 0.05) is 12.1 Å². The Balaban J connectivity index is 1.77. The number of aromatic nitrogens is 1. The molecule has 1 atom stereocenters. The van der Waals surface area contributed by atoms with E-state index in [0.29, 0.717) is 6.42 Å². The van der Waals surface area contributed by atoms with Gasteiger partial charge in [0.15, 0.2) is 0 Å². The zero-order chi connectivity index (χ0) is 13.2. The molecule has 1 aliphatic carbocycles. The maximum Gasteiger partial charge on any atom is 0.1000 e. The average Bonchev–Trinajstić information content (AvgIpc) is 2.86. The van der Waals surface area contributed by atoms with Gasteiger partial charge in [0.1, 0.15) is 0 Å². The van der Waals surface area contributed by atoms with Gasteiger partial charge in [-0.3, -0.25) is 4.98 Å². The number of fused-ring (bicyclic) bond motifs is 1. The number of rotatable bonds is 3. The molecule has 3 rings (SSSR count). The molecule has 1 aliphatic rings.